The molecule has 1 aromatic rings. The van der Waals surface area contributed by atoms with Crippen molar-refractivity contribution in [2.75, 3.05) is 44.5 Å². The lowest BCUT2D eigenvalue weighted by atomic mass is 9.83. The van der Waals surface area contributed by atoms with E-state index in [0.717, 1.165) is 31.6 Å². The van der Waals surface area contributed by atoms with Crippen LogP contribution in [0, 0.1) is 17.3 Å². The van der Waals surface area contributed by atoms with Crippen molar-refractivity contribution in [1.82, 2.24) is 4.98 Å². The molecule has 6 nitrogen and oxygen atoms in total. The second-order valence-electron chi connectivity index (χ2n) is 7.80. The molecule has 0 aromatic carbocycles. The summed E-state index contributed by atoms with van der Waals surface area (Å²) in [6, 6.07) is 1.99. The zero-order valence-corrected chi connectivity index (χ0v) is 15.5. The molecule has 3 aliphatic heterocycles. The maximum absolute atomic E-state index is 12.5. The molecule has 6 heteroatoms. The Morgan fingerprint density at radius 3 is 2.69 bits per heavy atom. The number of nitrogens with zero attached hydrogens (tertiary/aromatic N) is 1. The molecular formula is C20H26N2O4. The molecular weight excluding hydrogens is 332 g/mol. The Labute approximate surface area is 153 Å². The standard InChI is InChI=1S/C20H26N2O4/c1-15-20(13-25-14-20)26-10-7-22(15)17-11-16(12-21-18(17)23)3-4-19(2)5-8-24-9-6-19/h11-12,15H,5-10,13-14H2,1-2H3,(H,21,23). The molecule has 0 bridgehead atoms. The van der Waals surface area contributed by atoms with Crippen molar-refractivity contribution in [3.8, 4) is 11.8 Å². The molecule has 1 unspecified atom stereocenters. The first-order valence-electron chi connectivity index (χ1n) is 9.33. The van der Waals surface area contributed by atoms with Crippen LogP contribution in [0.5, 0.6) is 0 Å². The van der Waals surface area contributed by atoms with Gasteiger partial charge in [-0.2, -0.15) is 0 Å². The third-order valence-electron chi connectivity index (χ3n) is 5.94. The van der Waals surface area contributed by atoms with E-state index in [0.29, 0.717) is 32.1 Å². The summed E-state index contributed by atoms with van der Waals surface area (Å²) in [5, 5.41) is 0. The van der Waals surface area contributed by atoms with Crippen molar-refractivity contribution in [2.45, 2.75) is 38.3 Å². The largest absolute Gasteiger partial charge is 0.381 e. The number of nitrogens with one attached hydrogen (secondary N) is 1. The van der Waals surface area contributed by atoms with Gasteiger partial charge in [-0.3, -0.25) is 4.79 Å². The van der Waals surface area contributed by atoms with Gasteiger partial charge in [0.15, 0.2) is 0 Å². The number of ether oxygens (including phenoxy) is 3. The van der Waals surface area contributed by atoms with Gasteiger partial charge in [0, 0.05) is 36.9 Å². The Kier molecular flexibility index (Phi) is 4.55. The van der Waals surface area contributed by atoms with Crippen molar-refractivity contribution in [2.24, 2.45) is 5.41 Å². The summed E-state index contributed by atoms with van der Waals surface area (Å²) in [5.41, 5.74) is 1.11. The van der Waals surface area contributed by atoms with Gasteiger partial charge in [0.05, 0.1) is 25.9 Å². The third-order valence-corrected chi connectivity index (χ3v) is 5.94. The van der Waals surface area contributed by atoms with Gasteiger partial charge in [0.1, 0.15) is 11.3 Å². The monoisotopic (exact) mass is 358 g/mol. The van der Waals surface area contributed by atoms with Crippen LogP contribution in [0.3, 0.4) is 0 Å². The summed E-state index contributed by atoms with van der Waals surface area (Å²) in [4.78, 5) is 17.5. The molecule has 0 radical (unpaired) electrons. The lowest BCUT2D eigenvalue weighted by Gasteiger charge is -2.53. The van der Waals surface area contributed by atoms with Crippen LogP contribution in [0.25, 0.3) is 0 Å². The Balaban J connectivity index is 1.60. The highest BCUT2D eigenvalue weighted by Gasteiger charge is 2.50. The first-order valence-corrected chi connectivity index (χ1v) is 9.33. The van der Waals surface area contributed by atoms with E-state index in [1.165, 1.54) is 0 Å². The minimum absolute atomic E-state index is 0.0197. The number of hydrogen-bond acceptors (Lipinski definition) is 5. The van der Waals surface area contributed by atoms with E-state index in [1.807, 2.05) is 6.07 Å². The summed E-state index contributed by atoms with van der Waals surface area (Å²) < 4.78 is 16.8. The lowest BCUT2D eigenvalue weighted by molar-refractivity contribution is -0.228. The topological polar surface area (TPSA) is 63.8 Å². The molecule has 1 atom stereocenters. The van der Waals surface area contributed by atoms with Crippen molar-refractivity contribution < 1.29 is 14.2 Å². The minimum atomic E-state index is -0.290. The number of hydrogen-bond donors (Lipinski definition) is 1. The van der Waals surface area contributed by atoms with Crippen LogP contribution in [0.4, 0.5) is 5.69 Å². The van der Waals surface area contributed by atoms with Crippen LogP contribution < -0.4 is 10.5 Å². The van der Waals surface area contributed by atoms with Gasteiger partial charge in [-0.25, -0.2) is 0 Å². The number of morpholine rings is 1. The van der Waals surface area contributed by atoms with Gasteiger partial charge in [0.25, 0.3) is 5.56 Å². The number of rotatable bonds is 1. The number of aromatic amines is 1. The molecule has 1 aromatic heterocycles. The highest BCUT2D eigenvalue weighted by molar-refractivity contribution is 5.52. The summed E-state index contributed by atoms with van der Waals surface area (Å²) >= 11 is 0. The number of pyridine rings is 1. The van der Waals surface area contributed by atoms with Crippen LogP contribution in [-0.2, 0) is 14.2 Å². The third kappa shape index (κ3) is 3.16. The molecule has 1 N–H and O–H groups in total. The lowest BCUT2D eigenvalue weighted by Crippen LogP contribution is -2.68. The average molecular weight is 358 g/mol. The predicted octanol–water partition coefficient (Wildman–Crippen LogP) is 1.54. The van der Waals surface area contributed by atoms with Crippen LogP contribution in [-0.4, -0.2) is 56.2 Å². The van der Waals surface area contributed by atoms with E-state index in [2.05, 4.69) is 35.6 Å². The van der Waals surface area contributed by atoms with E-state index < -0.39 is 0 Å². The fraction of sp³-hybridized carbons (Fsp3) is 0.650. The van der Waals surface area contributed by atoms with Crippen LogP contribution in [0.15, 0.2) is 17.1 Å². The summed E-state index contributed by atoms with van der Waals surface area (Å²) in [6.07, 6.45) is 3.59. The summed E-state index contributed by atoms with van der Waals surface area (Å²) in [5.74, 6) is 6.67. The molecule has 0 aliphatic carbocycles. The quantitative estimate of drug-likeness (QED) is 0.772. The normalized spacial score (nSPS) is 26.7. The predicted molar refractivity (Wildman–Crippen MR) is 98.4 cm³/mol. The average Bonchev–Trinajstić information content (AvgIpc) is 2.61. The second-order valence-corrected chi connectivity index (χ2v) is 7.80. The summed E-state index contributed by atoms with van der Waals surface area (Å²) in [6.45, 7) is 8.26. The van der Waals surface area contributed by atoms with Crippen molar-refractivity contribution in [1.29, 1.82) is 0 Å². The van der Waals surface area contributed by atoms with E-state index >= 15 is 0 Å². The van der Waals surface area contributed by atoms with Crippen molar-refractivity contribution >= 4 is 5.69 Å². The Hall–Kier alpha value is -1.81. The Morgan fingerprint density at radius 1 is 1.23 bits per heavy atom. The van der Waals surface area contributed by atoms with Gasteiger partial charge in [-0.1, -0.05) is 11.8 Å². The first-order chi connectivity index (χ1) is 12.5. The summed E-state index contributed by atoms with van der Waals surface area (Å²) in [7, 11) is 0. The zero-order valence-electron chi connectivity index (χ0n) is 15.5. The maximum atomic E-state index is 12.5. The molecule has 4 rings (SSSR count). The molecule has 3 aliphatic rings. The first kappa shape index (κ1) is 17.6. The fourth-order valence-electron chi connectivity index (χ4n) is 3.83. The SMILES string of the molecule is CC1N(c2cc(C#CC3(C)CCOCC3)c[nH]c2=O)CCOC12COC2. The molecule has 26 heavy (non-hydrogen) atoms. The number of anilines is 1. The van der Waals surface area contributed by atoms with Crippen molar-refractivity contribution in [3.05, 3.63) is 28.2 Å². The maximum Gasteiger partial charge on any atom is 0.271 e. The Morgan fingerprint density at radius 2 is 2.00 bits per heavy atom. The van der Waals surface area contributed by atoms with E-state index in [4.69, 9.17) is 14.2 Å². The van der Waals surface area contributed by atoms with Gasteiger partial charge >= 0.3 is 0 Å². The van der Waals surface area contributed by atoms with Gasteiger partial charge in [-0.05, 0) is 32.8 Å². The van der Waals surface area contributed by atoms with E-state index in [-0.39, 0.29) is 22.6 Å². The van der Waals surface area contributed by atoms with Crippen LogP contribution >= 0.6 is 0 Å². The smallest absolute Gasteiger partial charge is 0.271 e. The molecule has 0 amide bonds. The minimum Gasteiger partial charge on any atom is -0.381 e. The molecule has 3 fully saturated rings. The van der Waals surface area contributed by atoms with E-state index in [9.17, 15) is 4.79 Å². The van der Waals surface area contributed by atoms with Crippen LogP contribution in [0.2, 0.25) is 0 Å². The fourth-order valence-corrected chi connectivity index (χ4v) is 3.83. The molecule has 3 saturated heterocycles. The molecule has 1 spiro atoms. The highest BCUT2D eigenvalue weighted by atomic mass is 16.6. The van der Waals surface area contributed by atoms with Gasteiger partial charge in [0.2, 0.25) is 0 Å². The molecule has 140 valence electrons. The van der Waals surface area contributed by atoms with Crippen molar-refractivity contribution in [3.63, 3.8) is 0 Å². The number of aromatic nitrogens is 1. The molecule has 0 saturated carbocycles. The second kappa shape index (κ2) is 6.73. The zero-order chi connectivity index (χ0) is 18.2. The van der Waals surface area contributed by atoms with Gasteiger partial charge < -0.3 is 24.1 Å². The van der Waals surface area contributed by atoms with Crippen LogP contribution in [0.1, 0.15) is 32.3 Å². The molecule has 4 heterocycles. The number of H-pyrrole nitrogens is 1. The van der Waals surface area contributed by atoms with E-state index in [1.54, 1.807) is 6.20 Å². The highest BCUT2D eigenvalue weighted by Crippen LogP contribution is 2.34. The van der Waals surface area contributed by atoms with Gasteiger partial charge in [-0.15, -0.1) is 0 Å². The Bertz CT molecular complexity index is 781.